The molecule has 0 heterocycles. The first kappa shape index (κ1) is 33.4. The van der Waals surface area contributed by atoms with Gasteiger partial charge in [-0.05, 0) is 19.8 Å². The molecule has 0 spiro atoms. The molecule has 0 aromatic heterocycles. The average Bonchev–Trinajstić information content (AvgIpc) is 2.71. The smallest absolute Gasteiger partial charge is 0.100 e. The molecule has 6 heteroatoms. The summed E-state index contributed by atoms with van der Waals surface area (Å²) < 4.78 is 0. The normalized spacial score (nSPS) is 11.5. The predicted molar refractivity (Wildman–Crippen MR) is 121 cm³/mol. The third-order valence-corrected chi connectivity index (χ3v) is 4.48. The quantitative estimate of drug-likeness (QED) is 0.187. The highest BCUT2D eigenvalue weighted by molar-refractivity contribution is 4.49. The molecule has 0 aliphatic rings. The molecule has 0 amide bonds. The molecule has 0 aromatic carbocycles. The van der Waals surface area contributed by atoms with Crippen LogP contribution in [0.3, 0.4) is 0 Å². The van der Waals surface area contributed by atoms with Crippen LogP contribution in [0.15, 0.2) is 0 Å². The summed E-state index contributed by atoms with van der Waals surface area (Å²) in [6.07, 6.45) is 18.4. The van der Waals surface area contributed by atoms with E-state index in [9.17, 15) is 0 Å². The van der Waals surface area contributed by atoms with Gasteiger partial charge in [0.25, 0.3) is 0 Å². The molecule has 1 unspecified atom stereocenters. The number of aliphatic hydroxyl groups is 6. The third kappa shape index (κ3) is 42.7. The van der Waals surface area contributed by atoms with Crippen molar-refractivity contribution in [1.29, 1.82) is 0 Å². The van der Waals surface area contributed by atoms with Gasteiger partial charge in [-0.25, -0.2) is 0 Å². The van der Waals surface area contributed by atoms with Crippen molar-refractivity contribution in [3.05, 3.63) is 0 Å². The molecule has 6 nitrogen and oxygen atoms in total. The van der Waals surface area contributed by atoms with Gasteiger partial charge in [-0.2, -0.15) is 0 Å². The summed E-state index contributed by atoms with van der Waals surface area (Å²) in [5, 5.41) is 49.1. The minimum Gasteiger partial charge on any atom is -0.396 e. The Morgan fingerprint density at radius 3 is 1.03 bits per heavy atom. The van der Waals surface area contributed by atoms with E-state index >= 15 is 0 Å². The second-order valence-corrected chi connectivity index (χ2v) is 7.70. The molecule has 0 rings (SSSR count). The van der Waals surface area contributed by atoms with Crippen molar-refractivity contribution < 1.29 is 30.6 Å². The zero-order valence-electron chi connectivity index (χ0n) is 19.3. The van der Waals surface area contributed by atoms with Crippen LogP contribution < -0.4 is 0 Å². The largest absolute Gasteiger partial charge is 0.396 e. The fourth-order valence-corrected chi connectivity index (χ4v) is 2.55. The summed E-state index contributed by atoms with van der Waals surface area (Å²) in [5.74, 6) is 0. The highest BCUT2D eigenvalue weighted by Crippen LogP contribution is 2.12. The molecule has 0 fully saturated rings. The Bertz CT molecular complexity index is 234. The van der Waals surface area contributed by atoms with Crippen molar-refractivity contribution in [2.24, 2.45) is 0 Å². The zero-order valence-corrected chi connectivity index (χ0v) is 19.3. The van der Waals surface area contributed by atoms with Gasteiger partial charge >= 0.3 is 0 Å². The van der Waals surface area contributed by atoms with Crippen LogP contribution in [-0.2, 0) is 0 Å². The van der Waals surface area contributed by atoms with Gasteiger partial charge < -0.3 is 30.6 Å². The molecule has 0 radical (unpaired) electrons. The molecule has 1 atom stereocenters. The van der Waals surface area contributed by atoms with E-state index in [2.05, 4.69) is 6.92 Å². The van der Waals surface area contributed by atoms with Crippen molar-refractivity contribution in [1.82, 2.24) is 0 Å². The maximum atomic E-state index is 8.64. The Morgan fingerprint density at radius 2 is 0.862 bits per heavy atom. The molecule has 0 aromatic rings. The van der Waals surface area contributed by atoms with Crippen LogP contribution in [0.25, 0.3) is 0 Å². The van der Waals surface area contributed by atoms with Crippen LogP contribution in [0.5, 0.6) is 0 Å². The van der Waals surface area contributed by atoms with E-state index in [1.165, 1.54) is 83.5 Å². The number of rotatable bonds is 18. The Labute approximate surface area is 180 Å². The second-order valence-electron chi connectivity index (χ2n) is 7.70. The Kier molecular flexibility index (Phi) is 37.3. The second kappa shape index (κ2) is 32.4. The minimum absolute atomic E-state index is 0.0810. The first-order chi connectivity index (χ1) is 14.0. The predicted octanol–water partition coefficient (Wildman–Crippen LogP) is 3.54. The lowest BCUT2D eigenvalue weighted by molar-refractivity contribution is 0.0450. The molecule has 0 saturated carbocycles. The molecule has 0 saturated heterocycles. The van der Waals surface area contributed by atoms with Crippen LogP contribution in [0.1, 0.15) is 110 Å². The summed E-state index contributed by atoms with van der Waals surface area (Å²) in [4.78, 5) is 0. The molecule has 6 N–H and O–H groups in total. The highest BCUT2D eigenvalue weighted by atomic mass is 16.3. The molecule has 0 bridgehead atoms. The van der Waals surface area contributed by atoms with Gasteiger partial charge in [0, 0.05) is 13.2 Å². The van der Waals surface area contributed by atoms with Gasteiger partial charge in [-0.15, -0.1) is 0 Å². The van der Waals surface area contributed by atoms with Crippen molar-refractivity contribution in [2.45, 2.75) is 122 Å². The topological polar surface area (TPSA) is 121 Å². The molecular weight excluding hydrogens is 372 g/mol. The van der Waals surface area contributed by atoms with Crippen molar-refractivity contribution in [3.63, 3.8) is 0 Å². The SMILES string of the molecule is CC(O)CCO.CCCCCCCCCCCCCCCCO.OCC(O)CO. The van der Waals surface area contributed by atoms with E-state index in [-0.39, 0.29) is 25.9 Å². The van der Waals surface area contributed by atoms with Crippen LogP contribution in [-0.4, -0.2) is 69.3 Å². The summed E-state index contributed by atoms with van der Waals surface area (Å²) >= 11 is 0. The lowest BCUT2D eigenvalue weighted by atomic mass is 10.0. The monoisotopic (exact) mass is 424 g/mol. The van der Waals surface area contributed by atoms with Crippen LogP contribution in [0, 0.1) is 0 Å². The molecule has 0 aliphatic carbocycles. The van der Waals surface area contributed by atoms with E-state index in [4.69, 9.17) is 30.6 Å². The fraction of sp³-hybridized carbons (Fsp3) is 1.00. The average molecular weight is 425 g/mol. The van der Waals surface area contributed by atoms with Crippen LogP contribution >= 0.6 is 0 Å². The van der Waals surface area contributed by atoms with E-state index < -0.39 is 6.10 Å². The summed E-state index contributed by atoms with van der Waals surface area (Å²) in [6.45, 7) is 3.65. The van der Waals surface area contributed by atoms with Gasteiger partial charge in [0.2, 0.25) is 0 Å². The van der Waals surface area contributed by atoms with E-state index in [0.717, 1.165) is 6.42 Å². The standard InChI is InChI=1S/C16H34O.C4H10O2.C3H8O3/c1-2-3-4-5-6-7-8-9-10-11-12-13-14-15-16-17;1-4(6)2-3-5;4-1-3(6)2-5/h17H,2-16H2,1H3;4-6H,2-3H2,1H3;3-6H,1-2H2. The van der Waals surface area contributed by atoms with Crippen LogP contribution in [0.4, 0.5) is 0 Å². The van der Waals surface area contributed by atoms with Gasteiger partial charge in [0.15, 0.2) is 0 Å². The molecular formula is C23H52O6. The molecule has 180 valence electrons. The van der Waals surface area contributed by atoms with Crippen molar-refractivity contribution in [2.75, 3.05) is 26.4 Å². The lowest BCUT2D eigenvalue weighted by Gasteiger charge is -2.02. The van der Waals surface area contributed by atoms with Crippen LogP contribution in [0.2, 0.25) is 0 Å². The zero-order chi connectivity index (χ0) is 22.6. The third-order valence-electron chi connectivity index (χ3n) is 4.48. The Balaban J connectivity index is -0.000000460. The molecule has 29 heavy (non-hydrogen) atoms. The number of hydrogen-bond acceptors (Lipinski definition) is 6. The van der Waals surface area contributed by atoms with E-state index in [1.807, 2.05) is 0 Å². The Morgan fingerprint density at radius 1 is 0.517 bits per heavy atom. The highest BCUT2D eigenvalue weighted by Gasteiger charge is 1.94. The van der Waals surface area contributed by atoms with Gasteiger partial charge in [-0.1, -0.05) is 90.4 Å². The number of hydrogen-bond donors (Lipinski definition) is 6. The van der Waals surface area contributed by atoms with Gasteiger partial charge in [0.1, 0.15) is 6.10 Å². The maximum Gasteiger partial charge on any atom is 0.100 e. The lowest BCUT2D eigenvalue weighted by Crippen LogP contribution is -2.15. The maximum absolute atomic E-state index is 8.64. The fourth-order valence-electron chi connectivity index (χ4n) is 2.55. The summed E-state index contributed by atoms with van der Waals surface area (Å²) in [6, 6.07) is 0. The van der Waals surface area contributed by atoms with Gasteiger partial charge in [-0.3, -0.25) is 0 Å². The van der Waals surface area contributed by atoms with E-state index in [1.54, 1.807) is 6.92 Å². The summed E-state index contributed by atoms with van der Waals surface area (Å²) in [7, 11) is 0. The summed E-state index contributed by atoms with van der Waals surface area (Å²) in [5.41, 5.74) is 0. The number of aliphatic hydroxyl groups excluding tert-OH is 6. The minimum atomic E-state index is -0.954. The number of unbranched alkanes of at least 4 members (excludes halogenated alkanes) is 13. The van der Waals surface area contributed by atoms with Gasteiger partial charge in [0.05, 0.1) is 19.3 Å². The first-order valence-electron chi connectivity index (χ1n) is 11.8. The first-order valence-corrected chi connectivity index (χ1v) is 11.8. The van der Waals surface area contributed by atoms with E-state index in [0.29, 0.717) is 13.0 Å². The Hall–Kier alpha value is -0.240. The van der Waals surface area contributed by atoms with Crippen molar-refractivity contribution in [3.8, 4) is 0 Å². The van der Waals surface area contributed by atoms with Crippen molar-refractivity contribution >= 4 is 0 Å². The molecule has 0 aliphatic heterocycles.